The van der Waals surface area contributed by atoms with Gasteiger partial charge in [-0.3, -0.25) is 0 Å². The minimum atomic E-state index is -0.326. The summed E-state index contributed by atoms with van der Waals surface area (Å²) in [5, 5.41) is 2.82. The molecule has 0 bridgehead atoms. The minimum absolute atomic E-state index is 0.226. The molecule has 1 N–H and O–H groups in total. The van der Waals surface area contributed by atoms with Crippen LogP contribution in [0.15, 0.2) is 0 Å². The number of rotatable bonds is 2. The Hall–Kier alpha value is -0.0800. The second-order valence-corrected chi connectivity index (χ2v) is 2.79. The molecule has 3 heteroatoms. The average Bonchev–Trinajstić information content (AvgIpc) is 2.37. The molecule has 1 fully saturated rings. The van der Waals surface area contributed by atoms with Crippen molar-refractivity contribution in [3.63, 3.8) is 0 Å². The lowest BCUT2D eigenvalue weighted by Crippen LogP contribution is -2.31. The van der Waals surface area contributed by atoms with Crippen molar-refractivity contribution in [2.75, 3.05) is 6.54 Å². The van der Waals surface area contributed by atoms with E-state index in [-0.39, 0.29) is 11.4 Å². The van der Waals surface area contributed by atoms with E-state index in [2.05, 4.69) is 5.32 Å². The van der Waals surface area contributed by atoms with E-state index in [0.29, 0.717) is 0 Å². The molecule has 1 aliphatic heterocycles. The molecule has 2 unspecified atom stereocenters. The molecule has 2 nitrogen and oxygen atoms in total. The van der Waals surface area contributed by atoms with Crippen LogP contribution in [0.4, 0.5) is 0 Å². The van der Waals surface area contributed by atoms with E-state index in [1.54, 1.807) is 0 Å². The summed E-state index contributed by atoms with van der Waals surface area (Å²) in [4.78, 5) is 10.1. The van der Waals surface area contributed by atoms with Crippen molar-refractivity contribution in [3.8, 4) is 0 Å². The van der Waals surface area contributed by atoms with Gasteiger partial charge in [-0.2, -0.15) is 0 Å². The van der Waals surface area contributed by atoms with E-state index in [1.807, 2.05) is 0 Å². The second kappa shape index (κ2) is 3.18. The third-order valence-electron chi connectivity index (χ3n) is 1.61. The van der Waals surface area contributed by atoms with Crippen molar-refractivity contribution < 1.29 is 4.79 Å². The number of alkyl halides is 1. The van der Waals surface area contributed by atoms with Gasteiger partial charge in [0.1, 0.15) is 11.7 Å². The third kappa shape index (κ3) is 1.66. The molecule has 52 valence electrons. The first-order valence-corrected chi connectivity index (χ1v) is 3.61. The minimum Gasteiger partial charge on any atom is -0.312 e. The number of nitrogens with one attached hydrogen (secondary N) is 1. The molecule has 1 saturated heterocycles. The summed E-state index contributed by atoms with van der Waals surface area (Å²) in [6, 6.07) is 0.226. The highest BCUT2D eigenvalue weighted by atomic mass is 35.5. The monoisotopic (exact) mass is 147 g/mol. The average molecular weight is 148 g/mol. The van der Waals surface area contributed by atoms with E-state index >= 15 is 0 Å². The van der Waals surface area contributed by atoms with Crippen LogP contribution in [0.1, 0.15) is 12.8 Å². The molecule has 0 aromatic rings. The van der Waals surface area contributed by atoms with Crippen molar-refractivity contribution in [1.82, 2.24) is 5.32 Å². The zero-order valence-electron chi connectivity index (χ0n) is 5.14. The van der Waals surface area contributed by atoms with Crippen molar-refractivity contribution in [3.05, 3.63) is 0 Å². The normalized spacial score (nSPS) is 30.1. The Kier molecular flexibility index (Phi) is 2.49. The Morgan fingerprint density at radius 1 is 1.78 bits per heavy atom. The fraction of sp³-hybridized carbons (Fsp3) is 0.833. The number of carbonyl (C=O) groups is 1. The quantitative estimate of drug-likeness (QED) is 0.457. The van der Waals surface area contributed by atoms with E-state index < -0.39 is 0 Å². The van der Waals surface area contributed by atoms with Gasteiger partial charge < -0.3 is 10.1 Å². The highest BCUT2D eigenvalue weighted by Crippen LogP contribution is 2.11. The van der Waals surface area contributed by atoms with Gasteiger partial charge in [0, 0.05) is 6.04 Å². The molecule has 9 heavy (non-hydrogen) atoms. The van der Waals surface area contributed by atoms with Gasteiger partial charge in [0.05, 0.1) is 0 Å². The van der Waals surface area contributed by atoms with Crippen molar-refractivity contribution in [2.24, 2.45) is 0 Å². The molecule has 1 heterocycles. The standard InChI is InChI=1S/C6H10ClNO/c7-5(4-9)6-2-1-3-8-6/h4-6,8H,1-3H2. The predicted octanol–water partition coefficient (Wildman–Crippen LogP) is 0.545. The van der Waals surface area contributed by atoms with Crippen molar-refractivity contribution >= 4 is 17.9 Å². The molecular weight excluding hydrogens is 138 g/mol. The van der Waals surface area contributed by atoms with Crippen molar-refractivity contribution in [2.45, 2.75) is 24.3 Å². The van der Waals surface area contributed by atoms with Crippen LogP contribution in [0.3, 0.4) is 0 Å². The lowest BCUT2D eigenvalue weighted by molar-refractivity contribution is -0.107. The van der Waals surface area contributed by atoms with Crippen LogP contribution in [0.2, 0.25) is 0 Å². The third-order valence-corrected chi connectivity index (χ3v) is 2.02. The lowest BCUT2D eigenvalue weighted by atomic mass is 10.2. The van der Waals surface area contributed by atoms with Gasteiger partial charge >= 0.3 is 0 Å². The lowest BCUT2D eigenvalue weighted by Gasteiger charge is -2.09. The first-order valence-electron chi connectivity index (χ1n) is 3.17. The molecule has 0 saturated carbocycles. The summed E-state index contributed by atoms with van der Waals surface area (Å²) in [6.45, 7) is 1.00. The van der Waals surface area contributed by atoms with Gasteiger partial charge in [-0.05, 0) is 19.4 Å². The SMILES string of the molecule is O=CC(Cl)C1CCCN1. The van der Waals surface area contributed by atoms with E-state index in [0.717, 1.165) is 25.7 Å². The maximum absolute atomic E-state index is 10.1. The van der Waals surface area contributed by atoms with Crippen molar-refractivity contribution in [1.29, 1.82) is 0 Å². The van der Waals surface area contributed by atoms with Crippen LogP contribution in [0.25, 0.3) is 0 Å². The molecular formula is C6H10ClNO. The van der Waals surface area contributed by atoms with E-state index in [9.17, 15) is 4.79 Å². The van der Waals surface area contributed by atoms with E-state index in [1.165, 1.54) is 0 Å². The number of halogens is 1. The van der Waals surface area contributed by atoms with Gasteiger partial charge in [0.15, 0.2) is 0 Å². The molecule has 0 amide bonds. The molecule has 2 atom stereocenters. The second-order valence-electron chi connectivity index (χ2n) is 2.28. The first kappa shape index (κ1) is 7.03. The summed E-state index contributed by atoms with van der Waals surface area (Å²) >= 11 is 5.64. The Bertz CT molecular complexity index is 101. The molecule has 1 aliphatic rings. The van der Waals surface area contributed by atoms with Gasteiger partial charge in [0.25, 0.3) is 0 Å². The zero-order chi connectivity index (χ0) is 6.69. The number of carbonyl (C=O) groups excluding carboxylic acids is 1. The van der Waals surface area contributed by atoms with Crippen LogP contribution < -0.4 is 5.32 Å². The molecule has 0 aromatic carbocycles. The smallest absolute Gasteiger partial charge is 0.139 e. The molecule has 0 spiro atoms. The Morgan fingerprint density at radius 2 is 2.56 bits per heavy atom. The maximum Gasteiger partial charge on any atom is 0.139 e. The maximum atomic E-state index is 10.1. The summed E-state index contributed by atoms with van der Waals surface area (Å²) in [7, 11) is 0. The van der Waals surface area contributed by atoms with Crippen LogP contribution in [-0.4, -0.2) is 24.2 Å². The highest BCUT2D eigenvalue weighted by Gasteiger charge is 2.21. The van der Waals surface area contributed by atoms with Crippen LogP contribution >= 0.6 is 11.6 Å². The highest BCUT2D eigenvalue weighted by molar-refractivity contribution is 6.28. The predicted molar refractivity (Wildman–Crippen MR) is 36.7 cm³/mol. The van der Waals surface area contributed by atoms with Crippen LogP contribution in [0.5, 0.6) is 0 Å². The number of hydrogen-bond acceptors (Lipinski definition) is 2. The van der Waals surface area contributed by atoms with Gasteiger partial charge in [-0.25, -0.2) is 0 Å². The Morgan fingerprint density at radius 3 is 3.00 bits per heavy atom. The van der Waals surface area contributed by atoms with Gasteiger partial charge in [-0.15, -0.1) is 11.6 Å². The summed E-state index contributed by atoms with van der Waals surface area (Å²) in [5.74, 6) is 0. The topological polar surface area (TPSA) is 29.1 Å². The summed E-state index contributed by atoms with van der Waals surface area (Å²) in [6.07, 6.45) is 2.97. The Labute approximate surface area is 59.6 Å². The number of hydrogen-bond donors (Lipinski definition) is 1. The fourth-order valence-corrected chi connectivity index (χ4v) is 1.29. The molecule has 0 aliphatic carbocycles. The molecule has 0 aromatic heterocycles. The fourth-order valence-electron chi connectivity index (χ4n) is 1.08. The first-order chi connectivity index (χ1) is 4.34. The molecule has 1 rings (SSSR count). The number of aldehydes is 1. The Balaban J connectivity index is 2.32. The van der Waals surface area contributed by atoms with E-state index in [4.69, 9.17) is 11.6 Å². The summed E-state index contributed by atoms with van der Waals surface area (Å²) < 4.78 is 0. The summed E-state index contributed by atoms with van der Waals surface area (Å²) in [5.41, 5.74) is 0. The van der Waals surface area contributed by atoms with Gasteiger partial charge in [-0.1, -0.05) is 0 Å². The molecule has 0 radical (unpaired) electrons. The largest absolute Gasteiger partial charge is 0.312 e. The van der Waals surface area contributed by atoms with Crippen LogP contribution in [0, 0.1) is 0 Å². The van der Waals surface area contributed by atoms with Gasteiger partial charge in [0.2, 0.25) is 0 Å². The van der Waals surface area contributed by atoms with Crippen LogP contribution in [-0.2, 0) is 4.79 Å². The zero-order valence-corrected chi connectivity index (χ0v) is 5.90.